The van der Waals surface area contributed by atoms with Crippen LogP contribution in [0.15, 0.2) is 12.4 Å². The minimum atomic E-state index is 0.294. The summed E-state index contributed by atoms with van der Waals surface area (Å²) in [6.07, 6.45) is 4.62. The topological polar surface area (TPSA) is 25.8 Å². The molecule has 0 amide bonds. The van der Waals surface area contributed by atoms with Crippen molar-refractivity contribution >= 4 is 0 Å². The quantitative estimate of drug-likeness (QED) is 0.637. The first kappa shape index (κ1) is 9.17. The van der Waals surface area contributed by atoms with Crippen molar-refractivity contribution in [3.63, 3.8) is 0 Å². The van der Waals surface area contributed by atoms with E-state index in [0.717, 1.165) is 17.8 Å². The van der Waals surface area contributed by atoms with Crippen molar-refractivity contribution in [2.75, 3.05) is 0 Å². The van der Waals surface area contributed by atoms with Crippen LogP contribution in [0.3, 0.4) is 0 Å². The second-order valence-electron chi connectivity index (χ2n) is 4.39. The van der Waals surface area contributed by atoms with Gasteiger partial charge >= 0.3 is 0 Å². The molecule has 12 heavy (non-hydrogen) atoms. The minimum Gasteiger partial charge on any atom is -0.261 e. The van der Waals surface area contributed by atoms with Gasteiger partial charge < -0.3 is 0 Å². The zero-order valence-electron chi connectivity index (χ0n) is 8.26. The monoisotopic (exact) mass is 164 g/mol. The van der Waals surface area contributed by atoms with Gasteiger partial charge in [0.1, 0.15) is 0 Å². The Morgan fingerprint density at radius 3 is 2.42 bits per heavy atom. The summed E-state index contributed by atoms with van der Waals surface area (Å²) in [5.41, 5.74) is 2.38. The zero-order chi connectivity index (χ0) is 9.19. The van der Waals surface area contributed by atoms with E-state index >= 15 is 0 Å². The van der Waals surface area contributed by atoms with Gasteiger partial charge in [0.2, 0.25) is 0 Å². The van der Waals surface area contributed by atoms with E-state index in [0.29, 0.717) is 5.41 Å². The van der Waals surface area contributed by atoms with Gasteiger partial charge in [0, 0.05) is 12.4 Å². The van der Waals surface area contributed by atoms with Crippen LogP contribution in [0.25, 0.3) is 0 Å². The molecule has 1 aromatic rings. The third-order valence-electron chi connectivity index (χ3n) is 1.52. The molecule has 2 nitrogen and oxygen atoms in total. The van der Waals surface area contributed by atoms with E-state index < -0.39 is 0 Å². The zero-order valence-corrected chi connectivity index (χ0v) is 8.26. The van der Waals surface area contributed by atoms with Gasteiger partial charge in [-0.15, -0.1) is 0 Å². The summed E-state index contributed by atoms with van der Waals surface area (Å²) < 4.78 is 0. The lowest BCUT2D eigenvalue weighted by Crippen LogP contribution is -2.11. The first-order valence-corrected chi connectivity index (χ1v) is 4.25. The molecular formula is C10H16N2. The molecule has 1 heterocycles. The molecule has 0 N–H and O–H groups in total. The number of hydrogen-bond donors (Lipinski definition) is 0. The molecule has 66 valence electrons. The van der Waals surface area contributed by atoms with Crippen molar-refractivity contribution in [1.82, 2.24) is 9.97 Å². The molecular weight excluding hydrogens is 148 g/mol. The Bertz CT molecular complexity index is 261. The van der Waals surface area contributed by atoms with Gasteiger partial charge in [-0.1, -0.05) is 20.8 Å². The number of rotatable bonds is 1. The number of aryl methyl sites for hydroxylation is 1. The number of hydrogen-bond acceptors (Lipinski definition) is 2. The van der Waals surface area contributed by atoms with E-state index in [-0.39, 0.29) is 0 Å². The van der Waals surface area contributed by atoms with Gasteiger partial charge in [-0.2, -0.15) is 0 Å². The Labute approximate surface area is 74.1 Å². The first-order chi connectivity index (χ1) is 5.47. The molecule has 0 aliphatic heterocycles. The van der Waals surface area contributed by atoms with Crippen LogP contribution in [-0.2, 0) is 6.42 Å². The second-order valence-corrected chi connectivity index (χ2v) is 4.39. The van der Waals surface area contributed by atoms with Crippen molar-refractivity contribution in [3.05, 3.63) is 23.8 Å². The lowest BCUT2D eigenvalue weighted by Gasteiger charge is -2.16. The fourth-order valence-corrected chi connectivity index (χ4v) is 1.14. The Hall–Kier alpha value is -0.920. The molecule has 0 saturated carbocycles. The maximum atomic E-state index is 4.40. The maximum absolute atomic E-state index is 4.40. The fourth-order valence-electron chi connectivity index (χ4n) is 1.14. The SMILES string of the molecule is Cc1cncc(CC(C)(C)C)n1. The maximum Gasteiger partial charge on any atom is 0.0595 e. The average molecular weight is 164 g/mol. The molecule has 2 heteroatoms. The average Bonchev–Trinajstić information content (AvgIpc) is 1.82. The molecule has 0 saturated heterocycles. The van der Waals surface area contributed by atoms with E-state index in [1.165, 1.54) is 0 Å². The molecule has 0 atom stereocenters. The lowest BCUT2D eigenvalue weighted by atomic mass is 9.91. The minimum absolute atomic E-state index is 0.294. The van der Waals surface area contributed by atoms with Crippen molar-refractivity contribution in [1.29, 1.82) is 0 Å². The van der Waals surface area contributed by atoms with Gasteiger partial charge in [-0.05, 0) is 18.8 Å². The van der Waals surface area contributed by atoms with Crippen molar-refractivity contribution in [2.45, 2.75) is 34.1 Å². The van der Waals surface area contributed by atoms with E-state index in [1.807, 2.05) is 13.1 Å². The molecule has 0 spiro atoms. The largest absolute Gasteiger partial charge is 0.261 e. The summed E-state index contributed by atoms with van der Waals surface area (Å²) in [4.78, 5) is 8.50. The summed E-state index contributed by atoms with van der Waals surface area (Å²) in [6, 6.07) is 0. The first-order valence-electron chi connectivity index (χ1n) is 4.25. The van der Waals surface area contributed by atoms with Crippen molar-refractivity contribution in [2.24, 2.45) is 5.41 Å². The molecule has 0 radical (unpaired) electrons. The molecule has 0 aromatic carbocycles. The van der Waals surface area contributed by atoms with Gasteiger partial charge in [0.25, 0.3) is 0 Å². The highest BCUT2D eigenvalue weighted by molar-refractivity contribution is 5.03. The molecule has 0 fully saturated rings. The third-order valence-corrected chi connectivity index (χ3v) is 1.52. The van der Waals surface area contributed by atoms with Crippen LogP contribution < -0.4 is 0 Å². The summed E-state index contributed by atoms with van der Waals surface area (Å²) >= 11 is 0. The second kappa shape index (κ2) is 3.21. The van der Waals surface area contributed by atoms with Gasteiger partial charge in [-0.3, -0.25) is 9.97 Å². The van der Waals surface area contributed by atoms with Crippen LogP contribution in [0.2, 0.25) is 0 Å². The molecule has 0 unspecified atom stereocenters. The van der Waals surface area contributed by atoms with E-state index in [9.17, 15) is 0 Å². The molecule has 1 rings (SSSR count). The normalized spacial score (nSPS) is 11.7. The van der Waals surface area contributed by atoms with Crippen molar-refractivity contribution < 1.29 is 0 Å². The van der Waals surface area contributed by atoms with Crippen molar-refractivity contribution in [3.8, 4) is 0 Å². The Kier molecular flexibility index (Phi) is 2.46. The van der Waals surface area contributed by atoms with Gasteiger partial charge in [0.15, 0.2) is 0 Å². The van der Waals surface area contributed by atoms with Crippen LogP contribution in [0, 0.1) is 12.3 Å². The smallest absolute Gasteiger partial charge is 0.0595 e. The molecule has 1 aromatic heterocycles. The van der Waals surface area contributed by atoms with Crippen LogP contribution in [-0.4, -0.2) is 9.97 Å². The summed E-state index contributed by atoms with van der Waals surface area (Å²) in [5, 5.41) is 0. The molecule has 0 aliphatic carbocycles. The van der Waals surface area contributed by atoms with E-state index in [4.69, 9.17) is 0 Å². The molecule has 0 bridgehead atoms. The summed E-state index contributed by atoms with van der Waals surface area (Å²) in [6.45, 7) is 8.59. The Morgan fingerprint density at radius 2 is 1.92 bits per heavy atom. The third kappa shape index (κ3) is 2.99. The van der Waals surface area contributed by atoms with Crippen LogP contribution in [0.4, 0.5) is 0 Å². The highest BCUT2D eigenvalue weighted by Gasteiger charge is 2.11. The molecule has 0 aliphatic rings. The fraction of sp³-hybridized carbons (Fsp3) is 0.600. The Morgan fingerprint density at radius 1 is 1.25 bits per heavy atom. The predicted octanol–water partition coefficient (Wildman–Crippen LogP) is 2.37. The number of nitrogens with zero attached hydrogens (tertiary/aromatic N) is 2. The summed E-state index contributed by atoms with van der Waals surface area (Å²) in [5.74, 6) is 0. The van der Waals surface area contributed by atoms with E-state index in [2.05, 4.69) is 30.7 Å². The van der Waals surface area contributed by atoms with Crippen LogP contribution in [0.5, 0.6) is 0 Å². The lowest BCUT2D eigenvalue weighted by molar-refractivity contribution is 0.405. The highest BCUT2D eigenvalue weighted by Crippen LogP contribution is 2.18. The standard InChI is InChI=1S/C10H16N2/c1-8-6-11-7-9(12-8)5-10(2,3)4/h6-7H,5H2,1-4H3. The van der Waals surface area contributed by atoms with Gasteiger partial charge in [0.05, 0.1) is 11.4 Å². The number of aromatic nitrogens is 2. The van der Waals surface area contributed by atoms with Crippen LogP contribution >= 0.6 is 0 Å². The summed E-state index contributed by atoms with van der Waals surface area (Å²) in [7, 11) is 0. The van der Waals surface area contributed by atoms with Gasteiger partial charge in [-0.25, -0.2) is 0 Å². The highest BCUT2D eigenvalue weighted by atomic mass is 14.8. The predicted molar refractivity (Wildman–Crippen MR) is 49.9 cm³/mol. The Balaban J connectivity index is 2.77. The van der Waals surface area contributed by atoms with E-state index in [1.54, 1.807) is 6.20 Å². The van der Waals surface area contributed by atoms with Crippen LogP contribution in [0.1, 0.15) is 32.2 Å².